The largest absolute Gasteiger partial charge is 0.383 e. The second-order valence-corrected chi connectivity index (χ2v) is 7.68. The zero-order valence-electron chi connectivity index (χ0n) is 16.9. The first-order chi connectivity index (χ1) is 13.5. The second kappa shape index (κ2) is 11.9. The maximum Gasteiger partial charge on any atom is 0.137 e. The first-order valence-corrected chi connectivity index (χ1v) is 10.6. The van der Waals surface area contributed by atoms with Crippen LogP contribution in [0, 0.1) is 11.6 Å². The monoisotopic (exact) mass is 393 g/mol. The number of unbranched alkanes of at least 4 members (excludes halogenated alkanes) is 9. The molecule has 0 amide bonds. The molecule has 2 rings (SSSR count). The van der Waals surface area contributed by atoms with Crippen LogP contribution in [0.4, 0.5) is 8.78 Å². The molecule has 1 aromatic heterocycles. The minimum absolute atomic E-state index is 0.0903. The predicted octanol–water partition coefficient (Wildman–Crippen LogP) is 5.76. The number of aromatic nitrogens is 3. The Labute approximate surface area is 167 Å². The minimum atomic E-state index is -1.44. The summed E-state index contributed by atoms with van der Waals surface area (Å²) in [5.41, 5.74) is -1.33. The summed E-state index contributed by atoms with van der Waals surface area (Å²) in [6.07, 6.45) is 15.1. The normalized spacial score (nSPS) is 13.6. The average molecular weight is 394 g/mol. The molecule has 0 aliphatic rings. The van der Waals surface area contributed by atoms with E-state index in [-0.39, 0.29) is 12.1 Å². The third-order valence-electron chi connectivity index (χ3n) is 5.27. The average Bonchev–Trinajstić information content (AvgIpc) is 3.16. The Morgan fingerprint density at radius 3 is 2.18 bits per heavy atom. The molecule has 0 spiro atoms. The van der Waals surface area contributed by atoms with Gasteiger partial charge < -0.3 is 5.11 Å². The van der Waals surface area contributed by atoms with Gasteiger partial charge >= 0.3 is 0 Å². The maximum absolute atomic E-state index is 14.3. The number of nitrogens with zero attached hydrogens (tertiary/aromatic N) is 3. The van der Waals surface area contributed by atoms with Crippen molar-refractivity contribution in [1.29, 1.82) is 0 Å². The molecule has 1 unspecified atom stereocenters. The fraction of sp³-hybridized carbons (Fsp3) is 0.636. The molecule has 0 radical (unpaired) electrons. The molecule has 0 saturated carbocycles. The summed E-state index contributed by atoms with van der Waals surface area (Å²) in [5.74, 6) is -1.38. The van der Waals surface area contributed by atoms with E-state index in [1.54, 1.807) is 0 Å². The predicted molar refractivity (Wildman–Crippen MR) is 107 cm³/mol. The molecule has 1 aromatic carbocycles. The Balaban J connectivity index is 1.83. The van der Waals surface area contributed by atoms with Crippen molar-refractivity contribution in [3.8, 4) is 0 Å². The van der Waals surface area contributed by atoms with Crippen molar-refractivity contribution < 1.29 is 13.9 Å². The molecule has 156 valence electrons. The lowest BCUT2D eigenvalue weighted by Gasteiger charge is -2.29. The molecule has 6 heteroatoms. The van der Waals surface area contributed by atoms with Gasteiger partial charge in [-0.15, -0.1) is 0 Å². The molecule has 0 fully saturated rings. The number of benzene rings is 1. The van der Waals surface area contributed by atoms with Gasteiger partial charge in [0.2, 0.25) is 0 Å². The van der Waals surface area contributed by atoms with Crippen molar-refractivity contribution >= 4 is 0 Å². The molecule has 0 saturated heterocycles. The van der Waals surface area contributed by atoms with Gasteiger partial charge in [0.1, 0.15) is 29.9 Å². The number of halogens is 2. The lowest BCUT2D eigenvalue weighted by molar-refractivity contribution is 0.000501. The molecule has 1 N–H and O–H groups in total. The van der Waals surface area contributed by atoms with Crippen molar-refractivity contribution in [1.82, 2.24) is 14.8 Å². The van der Waals surface area contributed by atoms with Gasteiger partial charge in [-0.3, -0.25) is 0 Å². The van der Waals surface area contributed by atoms with Crippen molar-refractivity contribution in [2.45, 2.75) is 89.7 Å². The number of hydrogen-bond acceptors (Lipinski definition) is 3. The molecule has 28 heavy (non-hydrogen) atoms. The summed E-state index contributed by atoms with van der Waals surface area (Å²) < 4.78 is 29.1. The lowest BCUT2D eigenvalue weighted by Crippen LogP contribution is -2.33. The van der Waals surface area contributed by atoms with Gasteiger partial charge in [0, 0.05) is 11.6 Å². The number of hydrogen-bond donors (Lipinski definition) is 1. The molecule has 0 aliphatic heterocycles. The Hall–Kier alpha value is -1.82. The van der Waals surface area contributed by atoms with Crippen LogP contribution in [0.2, 0.25) is 0 Å². The SMILES string of the molecule is CCCCCCCCCCCCC(O)(Cn1cncn1)c1ccc(F)cc1F. The van der Waals surface area contributed by atoms with Gasteiger partial charge in [0.15, 0.2) is 0 Å². The van der Waals surface area contributed by atoms with Crippen LogP contribution >= 0.6 is 0 Å². The fourth-order valence-electron chi connectivity index (χ4n) is 3.65. The molecule has 4 nitrogen and oxygen atoms in total. The van der Waals surface area contributed by atoms with Crippen molar-refractivity contribution in [2.24, 2.45) is 0 Å². The topological polar surface area (TPSA) is 50.9 Å². The van der Waals surface area contributed by atoms with Gasteiger partial charge in [-0.25, -0.2) is 18.4 Å². The molecular formula is C22H33F2N3O. The van der Waals surface area contributed by atoms with Gasteiger partial charge in [0.05, 0.1) is 6.54 Å². The fourth-order valence-corrected chi connectivity index (χ4v) is 3.65. The Morgan fingerprint density at radius 1 is 0.964 bits per heavy atom. The summed E-state index contributed by atoms with van der Waals surface area (Å²) >= 11 is 0. The molecule has 1 heterocycles. The third kappa shape index (κ3) is 7.30. The van der Waals surface area contributed by atoms with E-state index in [0.717, 1.165) is 25.3 Å². The molecule has 1 atom stereocenters. The lowest BCUT2D eigenvalue weighted by atomic mass is 9.87. The van der Waals surface area contributed by atoms with Gasteiger partial charge in [0.25, 0.3) is 0 Å². The highest BCUT2D eigenvalue weighted by Crippen LogP contribution is 2.32. The molecule has 0 bridgehead atoms. The summed E-state index contributed by atoms with van der Waals surface area (Å²) in [6.45, 7) is 2.31. The van der Waals surface area contributed by atoms with E-state index >= 15 is 0 Å². The quantitative estimate of drug-likeness (QED) is 0.416. The van der Waals surface area contributed by atoms with Crippen LogP contribution in [-0.2, 0) is 12.1 Å². The summed E-state index contributed by atoms with van der Waals surface area (Å²) in [5, 5.41) is 15.2. The summed E-state index contributed by atoms with van der Waals surface area (Å²) in [4.78, 5) is 3.88. The van der Waals surface area contributed by atoms with Crippen LogP contribution in [0.15, 0.2) is 30.9 Å². The van der Waals surface area contributed by atoms with E-state index < -0.39 is 17.2 Å². The van der Waals surface area contributed by atoms with E-state index in [4.69, 9.17) is 0 Å². The Kier molecular flexibility index (Phi) is 9.55. The van der Waals surface area contributed by atoms with Crippen molar-refractivity contribution in [3.63, 3.8) is 0 Å². The van der Waals surface area contributed by atoms with Gasteiger partial charge in [-0.05, 0) is 12.5 Å². The highest BCUT2D eigenvalue weighted by atomic mass is 19.1. The maximum atomic E-state index is 14.3. The molecule has 2 aromatic rings. The van der Waals surface area contributed by atoms with E-state index in [1.807, 2.05) is 0 Å². The van der Waals surface area contributed by atoms with Crippen LogP contribution in [0.3, 0.4) is 0 Å². The molecular weight excluding hydrogens is 360 g/mol. The minimum Gasteiger partial charge on any atom is -0.383 e. The third-order valence-corrected chi connectivity index (χ3v) is 5.27. The standard InChI is InChI=1S/C22H33F2N3O/c1-2-3-4-5-6-7-8-9-10-11-14-22(28,16-27-18-25-17-26-27)20-13-12-19(23)15-21(20)24/h12-13,15,17-18,28H,2-11,14,16H2,1H3. The number of aliphatic hydroxyl groups is 1. The van der Waals surface area contributed by atoms with Crippen LogP contribution in [0.1, 0.15) is 83.1 Å². The van der Waals surface area contributed by atoms with E-state index in [0.29, 0.717) is 6.42 Å². The van der Waals surface area contributed by atoms with Gasteiger partial charge in [-0.1, -0.05) is 77.2 Å². The van der Waals surface area contributed by atoms with E-state index in [2.05, 4.69) is 17.0 Å². The Morgan fingerprint density at radius 2 is 1.61 bits per heavy atom. The number of rotatable bonds is 14. The zero-order chi connectivity index (χ0) is 20.2. The van der Waals surface area contributed by atoms with Crippen LogP contribution < -0.4 is 0 Å². The first-order valence-electron chi connectivity index (χ1n) is 10.6. The van der Waals surface area contributed by atoms with Crippen molar-refractivity contribution in [3.05, 3.63) is 48.1 Å². The highest BCUT2D eigenvalue weighted by molar-refractivity contribution is 5.25. The van der Waals surface area contributed by atoms with Crippen molar-refractivity contribution in [2.75, 3.05) is 0 Å². The summed E-state index contributed by atoms with van der Waals surface area (Å²) in [6, 6.07) is 3.33. The van der Waals surface area contributed by atoms with Crippen LogP contribution in [-0.4, -0.2) is 19.9 Å². The summed E-state index contributed by atoms with van der Waals surface area (Å²) in [7, 11) is 0. The van der Waals surface area contributed by atoms with Gasteiger partial charge in [-0.2, -0.15) is 5.10 Å². The van der Waals surface area contributed by atoms with E-state index in [9.17, 15) is 13.9 Å². The van der Waals surface area contributed by atoms with Crippen LogP contribution in [0.25, 0.3) is 0 Å². The Bertz CT molecular complexity index is 678. The zero-order valence-corrected chi connectivity index (χ0v) is 16.9. The first kappa shape index (κ1) is 22.5. The van der Waals surface area contributed by atoms with Crippen LogP contribution in [0.5, 0.6) is 0 Å². The highest BCUT2D eigenvalue weighted by Gasteiger charge is 2.32. The van der Waals surface area contributed by atoms with E-state index in [1.165, 1.54) is 74.4 Å². The smallest absolute Gasteiger partial charge is 0.137 e. The second-order valence-electron chi connectivity index (χ2n) is 7.68. The molecule has 0 aliphatic carbocycles.